The van der Waals surface area contributed by atoms with Gasteiger partial charge in [0.2, 0.25) is 0 Å². The fourth-order valence-electron chi connectivity index (χ4n) is 3.73. The second-order valence-corrected chi connectivity index (χ2v) is 12.7. The van der Waals surface area contributed by atoms with Crippen LogP contribution in [0.3, 0.4) is 0 Å². The van der Waals surface area contributed by atoms with Gasteiger partial charge in [0.05, 0.1) is 24.8 Å². The third kappa shape index (κ3) is 10.7. The number of halogens is 3. The summed E-state index contributed by atoms with van der Waals surface area (Å²) in [5.74, 6) is 1.66. The number of hydrogen-bond acceptors (Lipinski definition) is 10. The Morgan fingerprint density at radius 3 is 2.63 bits per heavy atom. The van der Waals surface area contributed by atoms with Gasteiger partial charge in [0.15, 0.2) is 5.82 Å². The third-order valence-electron chi connectivity index (χ3n) is 5.53. The molecule has 0 bridgehead atoms. The van der Waals surface area contributed by atoms with Gasteiger partial charge in [-0.15, -0.1) is 0 Å². The molecule has 4 N–H and O–H groups in total. The average molecular weight is 667 g/mol. The van der Waals surface area contributed by atoms with Crippen molar-refractivity contribution in [2.45, 2.75) is 43.4 Å². The van der Waals surface area contributed by atoms with E-state index in [-0.39, 0.29) is 28.8 Å². The Bertz CT molecular complexity index is 1460. The molecule has 0 aliphatic carbocycles. The maximum Gasteiger partial charge on any atom is 0.471 e. The van der Waals surface area contributed by atoms with Crippen LogP contribution in [0.25, 0.3) is 0 Å². The fraction of sp³-hybridized carbons (Fsp3) is 0.417. The minimum atomic E-state index is -5.12. The van der Waals surface area contributed by atoms with Crippen LogP contribution in [0, 0.1) is 11.8 Å². The minimum absolute atomic E-state index is 0.0142. The predicted molar refractivity (Wildman–Crippen MR) is 151 cm³/mol. The van der Waals surface area contributed by atoms with Crippen molar-refractivity contribution in [3.05, 3.63) is 58.1 Å². The summed E-state index contributed by atoms with van der Waals surface area (Å²) in [5.41, 5.74) is -1.17. The highest BCUT2D eigenvalue weighted by molar-refractivity contribution is 8.76. The molecule has 4 atom stereocenters. The van der Waals surface area contributed by atoms with E-state index in [4.69, 9.17) is 19.3 Å². The number of nitrogens with zero attached hydrogens (tertiary/aromatic N) is 2. The van der Waals surface area contributed by atoms with E-state index < -0.39 is 63.1 Å². The van der Waals surface area contributed by atoms with Crippen molar-refractivity contribution in [3.63, 3.8) is 0 Å². The number of aromatic nitrogens is 2. The SMILES string of the molecule is CSS[C@@H](C)OC1C[C@H](n2cc(C#CCNC(=O)C(F)(F)F)c(NC(=O)c3ccccc3)nc2=O)O[C@@H]1COP(=O)(O)O. The summed E-state index contributed by atoms with van der Waals surface area (Å²) in [7, 11) is -2.07. The van der Waals surface area contributed by atoms with Crippen molar-refractivity contribution in [1.29, 1.82) is 0 Å². The molecule has 1 saturated heterocycles. The van der Waals surface area contributed by atoms with E-state index in [1.807, 2.05) is 6.26 Å². The number of benzene rings is 1. The molecule has 2 heterocycles. The Balaban J connectivity index is 1.93. The van der Waals surface area contributed by atoms with Gasteiger partial charge in [0.25, 0.3) is 5.91 Å². The first-order valence-corrected chi connectivity index (χ1v) is 16.4. The minimum Gasteiger partial charge on any atom is -0.361 e. The van der Waals surface area contributed by atoms with Gasteiger partial charge in [-0.1, -0.05) is 51.6 Å². The summed E-state index contributed by atoms with van der Waals surface area (Å²) in [6.07, 6.45) is -5.00. The van der Waals surface area contributed by atoms with Gasteiger partial charge in [-0.05, 0) is 25.3 Å². The summed E-state index contributed by atoms with van der Waals surface area (Å²) < 4.78 is 66.2. The highest BCUT2D eigenvalue weighted by Gasteiger charge is 2.40. The number of amides is 2. The van der Waals surface area contributed by atoms with Crippen LogP contribution in [-0.4, -0.2) is 74.4 Å². The van der Waals surface area contributed by atoms with Crippen molar-refractivity contribution in [1.82, 2.24) is 14.9 Å². The van der Waals surface area contributed by atoms with Crippen molar-refractivity contribution in [3.8, 4) is 11.8 Å². The number of carbonyl (C=O) groups is 2. The first-order valence-electron chi connectivity index (χ1n) is 12.2. The van der Waals surface area contributed by atoms with Crippen LogP contribution in [0.4, 0.5) is 19.0 Å². The molecule has 0 spiro atoms. The molecule has 43 heavy (non-hydrogen) atoms. The summed E-state index contributed by atoms with van der Waals surface area (Å²) in [4.78, 5) is 59.1. The summed E-state index contributed by atoms with van der Waals surface area (Å²) in [6.45, 7) is 0.464. The molecular formula is C24H26F3N4O9PS2. The van der Waals surface area contributed by atoms with E-state index in [2.05, 4.69) is 26.7 Å². The summed E-state index contributed by atoms with van der Waals surface area (Å²) in [5, 5.41) is 4.03. The average Bonchev–Trinajstić information content (AvgIpc) is 3.32. The number of nitrogens with one attached hydrogen (secondary N) is 2. The van der Waals surface area contributed by atoms with Crippen LogP contribution < -0.4 is 16.3 Å². The molecule has 1 fully saturated rings. The number of anilines is 1. The molecule has 1 unspecified atom stereocenters. The number of ether oxygens (including phenoxy) is 2. The lowest BCUT2D eigenvalue weighted by Gasteiger charge is -2.22. The van der Waals surface area contributed by atoms with Gasteiger partial charge in [-0.3, -0.25) is 18.7 Å². The molecule has 1 aromatic carbocycles. The maximum absolute atomic E-state index is 13.1. The lowest BCUT2D eigenvalue weighted by Crippen LogP contribution is -2.36. The third-order valence-corrected chi connectivity index (χ3v) is 7.98. The number of alkyl halides is 3. The monoisotopic (exact) mass is 666 g/mol. The quantitative estimate of drug-likeness (QED) is 0.120. The van der Waals surface area contributed by atoms with Gasteiger partial charge in [0, 0.05) is 18.2 Å². The zero-order valence-electron chi connectivity index (χ0n) is 22.4. The Morgan fingerprint density at radius 2 is 2.00 bits per heavy atom. The Kier molecular flexibility index (Phi) is 12.2. The van der Waals surface area contributed by atoms with Crippen LogP contribution in [0.15, 0.2) is 41.3 Å². The second-order valence-electron chi connectivity index (χ2n) is 8.65. The summed E-state index contributed by atoms with van der Waals surface area (Å²) >= 11 is 0. The molecule has 19 heteroatoms. The van der Waals surface area contributed by atoms with Crippen molar-refractivity contribution >= 4 is 47.0 Å². The van der Waals surface area contributed by atoms with E-state index in [0.717, 1.165) is 10.8 Å². The van der Waals surface area contributed by atoms with Crippen molar-refractivity contribution in [2.24, 2.45) is 0 Å². The number of rotatable bonds is 11. The normalized spacial score (nSPS) is 19.3. The Labute approximate surface area is 250 Å². The van der Waals surface area contributed by atoms with Gasteiger partial charge in [0.1, 0.15) is 17.8 Å². The molecule has 13 nitrogen and oxygen atoms in total. The van der Waals surface area contributed by atoms with Crippen molar-refractivity contribution < 1.29 is 51.1 Å². The second kappa shape index (κ2) is 15.2. The zero-order chi connectivity index (χ0) is 31.8. The van der Waals surface area contributed by atoms with Crippen molar-refractivity contribution in [2.75, 3.05) is 24.7 Å². The highest BCUT2D eigenvalue weighted by Crippen LogP contribution is 2.39. The molecule has 234 valence electrons. The molecule has 1 aliphatic rings. The lowest BCUT2D eigenvalue weighted by molar-refractivity contribution is -0.173. The van der Waals surface area contributed by atoms with Crippen LogP contribution in [0.1, 0.15) is 35.5 Å². The highest BCUT2D eigenvalue weighted by atomic mass is 33.1. The van der Waals surface area contributed by atoms with E-state index in [1.54, 1.807) is 30.4 Å². The van der Waals surface area contributed by atoms with Crippen LogP contribution >= 0.6 is 29.4 Å². The number of carbonyl (C=O) groups excluding carboxylic acids is 2. The standard InChI is InChI=1S/C24H26F3N4O9PS2/c1-14(43-42-2)39-17-11-19(40-18(17)13-38-41(35,36)37)31-12-16(9-6-10-28-22(33)24(25,26)27)20(30-23(31)34)29-21(32)15-7-4-3-5-8-15/h3-5,7-8,12,14,17-19H,10-11,13H2,1-2H3,(H,28,33)(H2,35,36,37)(H,29,30,32,34)/t14-,17?,18+,19+/m0/s1. The largest absolute Gasteiger partial charge is 0.471 e. The first-order chi connectivity index (χ1) is 20.2. The van der Waals surface area contributed by atoms with E-state index in [9.17, 15) is 32.1 Å². The van der Waals surface area contributed by atoms with Gasteiger partial charge in [-0.2, -0.15) is 18.2 Å². The maximum atomic E-state index is 13.1. The number of phosphoric acid groups is 1. The van der Waals surface area contributed by atoms with Crippen LogP contribution in [0.2, 0.25) is 0 Å². The van der Waals surface area contributed by atoms with Crippen LogP contribution in [-0.2, 0) is 23.4 Å². The molecule has 1 aromatic heterocycles. The number of hydrogen-bond donors (Lipinski definition) is 4. The predicted octanol–water partition coefficient (Wildman–Crippen LogP) is 2.66. The Hall–Kier alpha value is -2.88. The lowest BCUT2D eigenvalue weighted by atomic mass is 10.2. The smallest absolute Gasteiger partial charge is 0.361 e. The zero-order valence-corrected chi connectivity index (χ0v) is 25.0. The fourth-order valence-corrected chi connectivity index (χ4v) is 5.48. The van der Waals surface area contributed by atoms with Gasteiger partial charge in [-0.25, -0.2) is 9.36 Å². The molecule has 0 radical (unpaired) electrons. The van der Waals surface area contributed by atoms with Crippen LogP contribution in [0.5, 0.6) is 0 Å². The van der Waals surface area contributed by atoms with E-state index >= 15 is 0 Å². The van der Waals surface area contributed by atoms with E-state index in [0.29, 0.717) is 0 Å². The van der Waals surface area contributed by atoms with Gasteiger partial charge < -0.3 is 29.9 Å². The van der Waals surface area contributed by atoms with Gasteiger partial charge >= 0.3 is 25.6 Å². The molecule has 3 rings (SSSR count). The summed E-state index contributed by atoms with van der Waals surface area (Å²) in [6, 6.07) is 7.88. The first kappa shape index (κ1) is 34.6. The van der Waals surface area contributed by atoms with E-state index in [1.165, 1.54) is 33.7 Å². The topological polar surface area (TPSA) is 178 Å². The molecule has 1 aliphatic heterocycles. The molecule has 2 amide bonds. The molecule has 2 aromatic rings. The molecule has 0 saturated carbocycles. The number of phosphoric ester groups is 1. The molecular weight excluding hydrogens is 640 g/mol. The Morgan fingerprint density at radius 1 is 1.30 bits per heavy atom.